The van der Waals surface area contributed by atoms with Crippen LogP contribution in [0.2, 0.25) is 0 Å². The molecule has 19 heavy (non-hydrogen) atoms. The molecule has 1 unspecified atom stereocenters. The molecule has 1 aliphatic rings. The lowest BCUT2D eigenvalue weighted by molar-refractivity contribution is 0.723. The SMILES string of the molecule is CC1Cc2c(nc3ncc(Br)cn23)-c2ccccc21. The highest BCUT2D eigenvalue weighted by atomic mass is 79.9. The zero-order chi connectivity index (χ0) is 13.0. The molecule has 94 valence electrons. The van der Waals surface area contributed by atoms with Crippen LogP contribution in [0.25, 0.3) is 17.0 Å². The molecule has 0 bridgehead atoms. The third-order valence-corrected chi connectivity index (χ3v) is 4.20. The first-order valence-corrected chi connectivity index (χ1v) is 7.15. The molecule has 0 amide bonds. The van der Waals surface area contributed by atoms with Gasteiger partial charge in [-0.15, -0.1) is 0 Å². The van der Waals surface area contributed by atoms with Crippen molar-refractivity contribution in [1.29, 1.82) is 0 Å². The molecule has 4 heteroatoms. The van der Waals surface area contributed by atoms with Gasteiger partial charge in [0.05, 0.1) is 15.9 Å². The third kappa shape index (κ3) is 1.56. The van der Waals surface area contributed by atoms with E-state index in [-0.39, 0.29) is 0 Å². The van der Waals surface area contributed by atoms with Crippen molar-refractivity contribution in [2.24, 2.45) is 0 Å². The molecule has 1 aromatic carbocycles. The van der Waals surface area contributed by atoms with Gasteiger partial charge in [0.25, 0.3) is 0 Å². The Morgan fingerprint density at radius 1 is 1.32 bits per heavy atom. The van der Waals surface area contributed by atoms with Crippen LogP contribution in [0.4, 0.5) is 0 Å². The number of fused-ring (bicyclic) bond motifs is 5. The second-order valence-electron chi connectivity index (χ2n) is 5.04. The molecule has 1 aliphatic carbocycles. The van der Waals surface area contributed by atoms with Crippen LogP contribution < -0.4 is 0 Å². The minimum Gasteiger partial charge on any atom is -0.286 e. The van der Waals surface area contributed by atoms with E-state index in [1.54, 1.807) is 6.20 Å². The Balaban J connectivity index is 2.09. The summed E-state index contributed by atoms with van der Waals surface area (Å²) in [6.07, 6.45) is 4.85. The molecule has 2 aromatic heterocycles. The van der Waals surface area contributed by atoms with E-state index in [1.165, 1.54) is 16.8 Å². The van der Waals surface area contributed by atoms with Crippen molar-refractivity contribution in [1.82, 2.24) is 14.4 Å². The summed E-state index contributed by atoms with van der Waals surface area (Å²) >= 11 is 3.48. The summed E-state index contributed by atoms with van der Waals surface area (Å²) in [5.41, 5.74) is 4.98. The number of aromatic nitrogens is 3. The van der Waals surface area contributed by atoms with Gasteiger partial charge in [-0.05, 0) is 33.8 Å². The van der Waals surface area contributed by atoms with Gasteiger partial charge < -0.3 is 0 Å². The van der Waals surface area contributed by atoms with Gasteiger partial charge in [-0.25, -0.2) is 9.97 Å². The average molecular weight is 314 g/mol. The molecular weight excluding hydrogens is 302 g/mol. The van der Waals surface area contributed by atoms with Gasteiger partial charge >= 0.3 is 0 Å². The van der Waals surface area contributed by atoms with Crippen LogP contribution in [0.15, 0.2) is 41.1 Å². The maximum Gasteiger partial charge on any atom is 0.234 e. The number of hydrogen-bond acceptors (Lipinski definition) is 2. The van der Waals surface area contributed by atoms with Crippen LogP contribution in [0.1, 0.15) is 24.1 Å². The highest BCUT2D eigenvalue weighted by Gasteiger charge is 2.26. The number of rotatable bonds is 0. The average Bonchev–Trinajstić information content (AvgIpc) is 2.78. The fraction of sp³-hybridized carbons (Fsp3) is 0.200. The molecule has 0 aliphatic heterocycles. The van der Waals surface area contributed by atoms with Gasteiger partial charge in [-0.2, -0.15) is 0 Å². The second kappa shape index (κ2) is 3.90. The van der Waals surface area contributed by atoms with Gasteiger partial charge in [0.15, 0.2) is 0 Å². The van der Waals surface area contributed by atoms with Crippen LogP contribution in [-0.4, -0.2) is 14.4 Å². The van der Waals surface area contributed by atoms with E-state index in [1.807, 2.05) is 0 Å². The van der Waals surface area contributed by atoms with Crippen LogP contribution >= 0.6 is 15.9 Å². The Morgan fingerprint density at radius 3 is 3.05 bits per heavy atom. The maximum absolute atomic E-state index is 4.70. The quantitative estimate of drug-likeness (QED) is 0.631. The molecule has 0 saturated carbocycles. The van der Waals surface area contributed by atoms with E-state index >= 15 is 0 Å². The summed E-state index contributed by atoms with van der Waals surface area (Å²) in [7, 11) is 0. The van der Waals surface area contributed by atoms with Crippen molar-refractivity contribution in [2.75, 3.05) is 0 Å². The Morgan fingerprint density at radius 2 is 2.16 bits per heavy atom. The van der Waals surface area contributed by atoms with Gasteiger partial charge in [-0.3, -0.25) is 4.40 Å². The minimum atomic E-state index is 0.516. The summed E-state index contributed by atoms with van der Waals surface area (Å²) in [5, 5.41) is 0. The molecular formula is C15H12BrN3. The van der Waals surface area contributed by atoms with Crippen LogP contribution in [-0.2, 0) is 6.42 Å². The van der Waals surface area contributed by atoms with Crippen molar-refractivity contribution in [2.45, 2.75) is 19.3 Å². The molecule has 0 fully saturated rings. The molecule has 0 saturated heterocycles. The minimum absolute atomic E-state index is 0.516. The lowest BCUT2D eigenvalue weighted by Crippen LogP contribution is -2.09. The Labute approximate surface area is 119 Å². The summed E-state index contributed by atoms with van der Waals surface area (Å²) in [4.78, 5) is 9.09. The predicted molar refractivity (Wildman–Crippen MR) is 78.2 cm³/mol. The van der Waals surface area contributed by atoms with Gasteiger partial charge in [-0.1, -0.05) is 31.2 Å². The molecule has 1 atom stereocenters. The smallest absolute Gasteiger partial charge is 0.234 e. The lowest BCUT2D eigenvalue weighted by atomic mass is 9.84. The number of imidazole rings is 1. The van der Waals surface area contributed by atoms with Crippen LogP contribution in [0.5, 0.6) is 0 Å². The molecule has 0 spiro atoms. The van der Waals surface area contributed by atoms with E-state index < -0.39 is 0 Å². The van der Waals surface area contributed by atoms with Gasteiger partial charge in [0.1, 0.15) is 0 Å². The first-order valence-electron chi connectivity index (χ1n) is 6.36. The first-order chi connectivity index (χ1) is 9.24. The summed E-state index contributed by atoms with van der Waals surface area (Å²) in [6.45, 7) is 2.27. The van der Waals surface area contributed by atoms with Crippen molar-refractivity contribution in [3.63, 3.8) is 0 Å². The standard InChI is InChI=1S/C15H12BrN3/c1-9-6-13-14(12-5-3-2-4-11(9)12)18-15-17-7-10(16)8-19(13)15/h2-5,7-9H,6H2,1H3. The molecule has 0 N–H and O–H groups in total. The Bertz CT molecular complexity index is 791. The van der Waals surface area contributed by atoms with Crippen molar-refractivity contribution in [3.05, 3.63) is 52.4 Å². The van der Waals surface area contributed by atoms with Crippen molar-refractivity contribution in [3.8, 4) is 11.3 Å². The summed E-state index contributed by atoms with van der Waals surface area (Å²) < 4.78 is 3.08. The summed E-state index contributed by atoms with van der Waals surface area (Å²) in [5.74, 6) is 1.29. The number of nitrogens with zero attached hydrogens (tertiary/aromatic N) is 3. The van der Waals surface area contributed by atoms with Crippen LogP contribution in [0, 0.1) is 0 Å². The highest BCUT2D eigenvalue weighted by Crippen LogP contribution is 2.39. The van der Waals surface area contributed by atoms with Crippen LogP contribution in [0.3, 0.4) is 0 Å². The predicted octanol–water partition coefficient (Wildman–Crippen LogP) is 3.82. The molecule has 0 radical (unpaired) electrons. The molecule has 2 heterocycles. The van der Waals surface area contributed by atoms with E-state index in [9.17, 15) is 0 Å². The fourth-order valence-electron chi connectivity index (χ4n) is 2.91. The molecule has 3 aromatic rings. The van der Waals surface area contributed by atoms with Crippen molar-refractivity contribution < 1.29 is 0 Å². The Hall–Kier alpha value is -1.68. The zero-order valence-electron chi connectivity index (χ0n) is 10.5. The van der Waals surface area contributed by atoms with E-state index in [0.717, 1.165) is 22.4 Å². The number of benzene rings is 1. The maximum atomic E-state index is 4.70. The zero-order valence-corrected chi connectivity index (χ0v) is 12.1. The Kier molecular flexibility index (Phi) is 2.30. The van der Waals surface area contributed by atoms with Gasteiger partial charge in [0.2, 0.25) is 5.78 Å². The largest absolute Gasteiger partial charge is 0.286 e. The summed E-state index contributed by atoms with van der Waals surface area (Å²) in [6, 6.07) is 8.54. The fourth-order valence-corrected chi connectivity index (χ4v) is 3.22. The highest BCUT2D eigenvalue weighted by molar-refractivity contribution is 9.10. The second-order valence-corrected chi connectivity index (χ2v) is 5.96. The molecule has 4 rings (SSSR count). The third-order valence-electron chi connectivity index (χ3n) is 3.79. The number of halogens is 1. The lowest BCUT2D eigenvalue weighted by Gasteiger charge is -2.21. The van der Waals surface area contributed by atoms with E-state index in [0.29, 0.717) is 5.92 Å². The topological polar surface area (TPSA) is 30.2 Å². The normalized spacial score (nSPS) is 17.3. The van der Waals surface area contributed by atoms with E-state index in [4.69, 9.17) is 4.98 Å². The van der Waals surface area contributed by atoms with Crippen molar-refractivity contribution >= 4 is 21.7 Å². The first kappa shape index (κ1) is 11.2. The number of hydrogen-bond donors (Lipinski definition) is 0. The monoisotopic (exact) mass is 313 g/mol. The van der Waals surface area contributed by atoms with Gasteiger partial charge in [0, 0.05) is 18.0 Å². The van der Waals surface area contributed by atoms with E-state index in [2.05, 4.69) is 62.7 Å². The molecule has 3 nitrogen and oxygen atoms in total.